The van der Waals surface area contributed by atoms with Crippen LogP contribution in [0, 0.1) is 0 Å². The van der Waals surface area contributed by atoms with Crippen molar-refractivity contribution in [1.82, 2.24) is 0 Å². The first kappa shape index (κ1) is 14.4. The van der Waals surface area contributed by atoms with Gasteiger partial charge in [0, 0.05) is 15.8 Å². The lowest BCUT2D eigenvalue weighted by molar-refractivity contribution is 0.100. The summed E-state index contributed by atoms with van der Waals surface area (Å²) in [6.45, 7) is 1.98. The van der Waals surface area contributed by atoms with Crippen molar-refractivity contribution in [3.05, 3.63) is 58.1 Å². The number of hydrogen-bond acceptors (Lipinski definition) is 3. The molecule has 0 aliphatic heterocycles. The number of hydrogen-bond donors (Lipinski definition) is 3. The van der Waals surface area contributed by atoms with Gasteiger partial charge in [0.05, 0.1) is 11.6 Å². The Labute approximate surface area is 126 Å². The van der Waals surface area contributed by atoms with E-state index in [4.69, 9.17) is 11.5 Å². The van der Waals surface area contributed by atoms with Crippen molar-refractivity contribution in [2.75, 3.05) is 11.1 Å². The molecule has 5 N–H and O–H groups in total. The number of nitrogen functional groups attached to an aromatic ring is 1. The summed E-state index contributed by atoms with van der Waals surface area (Å²) in [5, 5.41) is 3.28. The van der Waals surface area contributed by atoms with Crippen molar-refractivity contribution in [3.8, 4) is 0 Å². The quantitative estimate of drug-likeness (QED) is 0.751. The van der Waals surface area contributed by atoms with Gasteiger partial charge in [-0.2, -0.15) is 0 Å². The van der Waals surface area contributed by atoms with Crippen LogP contribution in [0.2, 0.25) is 0 Å². The summed E-state index contributed by atoms with van der Waals surface area (Å²) in [5.74, 6) is -0.479. The second-order valence-corrected chi connectivity index (χ2v) is 5.38. The number of carbonyl (C=O) groups is 1. The Morgan fingerprint density at radius 1 is 1.20 bits per heavy atom. The molecule has 1 unspecified atom stereocenters. The number of nitrogens with one attached hydrogen (secondary N) is 1. The largest absolute Gasteiger partial charge is 0.398 e. The zero-order chi connectivity index (χ0) is 14.7. The van der Waals surface area contributed by atoms with Crippen molar-refractivity contribution in [3.63, 3.8) is 0 Å². The van der Waals surface area contributed by atoms with E-state index in [-0.39, 0.29) is 6.04 Å². The Hall–Kier alpha value is -2.01. The van der Waals surface area contributed by atoms with Gasteiger partial charge < -0.3 is 16.8 Å². The standard InChI is InChI=1S/C15H16BrN3O/c1-9(10-5-2-3-7-12(10)17)19-13-8-4-6-11(16)14(13)15(18)20/h2-9,19H,17H2,1H3,(H2,18,20). The highest BCUT2D eigenvalue weighted by Crippen LogP contribution is 2.29. The van der Waals surface area contributed by atoms with E-state index in [9.17, 15) is 4.79 Å². The molecule has 2 aromatic rings. The molecule has 1 atom stereocenters. The van der Waals surface area contributed by atoms with Crippen LogP contribution in [0.1, 0.15) is 28.9 Å². The molecule has 1 amide bonds. The van der Waals surface area contributed by atoms with Gasteiger partial charge in [-0.1, -0.05) is 24.3 Å². The number of benzene rings is 2. The fourth-order valence-electron chi connectivity index (χ4n) is 2.11. The third-order valence-electron chi connectivity index (χ3n) is 3.09. The minimum absolute atomic E-state index is 0.0383. The first-order chi connectivity index (χ1) is 9.50. The van der Waals surface area contributed by atoms with Crippen LogP contribution in [0.4, 0.5) is 11.4 Å². The first-order valence-corrected chi connectivity index (χ1v) is 6.99. The number of anilines is 2. The minimum Gasteiger partial charge on any atom is -0.398 e. The highest BCUT2D eigenvalue weighted by molar-refractivity contribution is 9.10. The van der Waals surface area contributed by atoms with E-state index < -0.39 is 5.91 Å². The van der Waals surface area contributed by atoms with Crippen LogP contribution >= 0.6 is 15.9 Å². The van der Waals surface area contributed by atoms with Gasteiger partial charge in [-0.3, -0.25) is 4.79 Å². The number of carbonyl (C=O) groups excluding carboxylic acids is 1. The van der Waals surface area contributed by atoms with Crippen molar-refractivity contribution in [1.29, 1.82) is 0 Å². The average molecular weight is 334 g/mol. The van der Waals surface area contributed by atoms with Crippen molar-refractivity contribution in [2.24, 2.45) is 5.73 Å². The van der Waals surface area contributed by atoms with Crippen LogP contribution in [-0.2, 0) is 0 Å². The Bertz CT molecular complexity index is 643. The molecule has 0 aliphatic carbocycles. The zero-order valence-corrected chi connectivity index (χ0v) is 12.6. The van der Waals surface area contributed by atoms with Crippen LogP contribution in [0.3, 0.4) is 0 Å². The van der Waals surface area contributed by atoms with Gasteiger partial charge in [-0.05, 0) is 46.6 Å². The Balaban J connectivity index is 2.33. The summed E-state index contributed by atoms with van der Waals surface area (Å²) in [6, 6.07) is 13.0. The lowest BCUT2D eigenvalue weighted by Crippen LogP contribution is -2.17. The number of primary amides is 1. The maximum absolute atomic E-state index is 11.6. The Morgan fingerprint density at radius 2 is 1.90 bits per heavy atom. The molecule has 20 heavy (non-hydrogen) atoms. The first-order valence-electron chi connectivity index (χ1n) is 6.20. The molecule has 0 saturated carbocycles. The molecular weight excluding hydrogens is 318 g/mol. The van der Waals surface area contributed by atoms with E-state index in [2.05, 4.69) is 21.2 Å². The highest BCUT2D eigenvalue weighted by atomic mass is 79.9. The van der Waals surface area contributed by atoms with Crippen LogP contribution in [0.5, 0.6) is 0 Å². The number of rotatable bonds is 4. The molecule has 104 valence electrons. The van der Waals surface area contributed by atoms with Crippen LogP contribution in [0.25, 0.3) is 0 Å². The number of para-hydroxylation sites is 1. The molecule has 0 aromatic heterocycles. The van der Waals surface area contributed by atoms with E-state index in [1.54, 1.807) is 6.07 Å². The second-order valence-electron chi connectivity index (χ2n) is 4.52. The summed E-state index contributed by atoms with van der Waals surface area (Å²) in [7, 11) is 0. The molecule has 0 radical (unpaired) electrons. The molecule has 0 bridgehead atoms. The van der Waals surface area contributed by atoms with E-state index in [0.29, 0.717) is 21.4 Å². The lowest BCUT2D eigenvalue weighted by atomic mass is 10.0. The SMILES string of the molecule is CC(Nc1cccc(Br)c1C(N)=O)c1ccccc1N. The van der Waals surface area contributed by atoms with Gasteiger partial charge in [-0.15, -0.1) is 0 Å². The summed E-state index contributed by atoms with van der Waals surface area (Å²) >= 11 is 3.34. The van der Waals surface area contributed by atoms with Gasteiger partial charge in [0.15, 0.2) is 0 Å². The highest BCUT2D eigenvalue weighted by Gasteiger charge is 2.15. The lowest BCUT2D eigenvalue weighted by Gasteiger charge is -2.19. The summed E-state index contributed by atoms with van der Waals surface area (Å²) in [5.41, 5.74) is 14.2. The predicted octanol–water partition coefficient (Wildman–Crippen LogP) is 3.30. The molecule has 0 fully saturated rings. The van der Waals surface area contributed by atoms with Crippen molar-refractivity contribution < 1.29 is 4.79 Å². The van der Waals surface area contributed by atoms with Gasteiger partial charge in [-0.25, -0.2) is 0 Å². The summed E-state index contributed by atoms with van der Waals surface area (Å²) < 4.78 is 0.670. The fourth-order valence-corrected chi connectivity index (χ4v) is 2.67. The van der Waals surface area contributed by atoms with Crippen LogP contribution in [-0.4, -0.2) is 5.91 Å². The van der Waals surface area contributed by atoms with E-state index in [0.717, 1.165) is 5.56 Å². The van der Waals surface area contributed by atoms with Gasteiger partial charge in [0.1, 0.15) is 0 Å². The van der Waals surface area contributed by atoms with Crippen molar-refractivity contribution >= 4 is 33.2 Å². The number of halogens is 1. The Kier molecular flexibility index (Phi) is 4.29. The molecular formula is C15H16BrN3O. The second kappa shape index (κ2) is 5.96. The fraction of sp³-hybridized carbons (Fsp3) is 0.133. The third-order valence-corrected chi connectivity index (χ3v) is 3.76. The monoisotopic (exact) mass is 333 g/mol. The molecule has 0 heterocycles. The smallest absolute Gasteiger partial charge is 0.251 e. The van der Waals surface area contributed by atoms with Gasteiger partial charge in [0.25, 0.3) is 5.91 Å². The molecule has 2 rings (SSSR count). The molecule has 2 aromatic carbocycles. The number of nitrogens with two attached hydrogens (primary N) is 2. The van der Waals surface area contributed by atoms with Crippen molar-refractivity contribution in [2.45, 2.75) is 13.0 Å². The van der Waals surface area contributed by atoms with E-state index in [1.165, 1.54) is 0 Å². The number of amides is 1. The normalized spacial score (nSPS) is 11.9. The summed E-state index contributed by atoms with van der Waals surface area (Å²) in [4.78, 5) is 11.6. The molecule has 0 aliphatic rings. The van der Waals surface area contributed by atoms with Gasteiger partial charge >= 0.3 is 0 Å². The average Bonchev–Trinajstić information content (AvgIpc) is 2.38. The van der Waals surface area contributed by atoms with Gasteiger partial charge in [0.2, 0.25) is 0 Å². The minimum atomic E-state index is -0.479. The van der Waals surface area contributed by atoms with Crippen LogP contribution in [0.15, 0.2) is 46.9 Å². The third kappa shape index (κ3) is 2.93. The van der Waals surface area contributed by atoms with E-state index >= 15 is 0 Å². The maximum Gasteiger partial charge on any atom is 0.251 e. The predicted molar refractivity (Wildman–Crippen MR) is 85.6 cm³/mol. The maximum atomic E-state index is 11.6. The summed E-state index contributed by atoms with van der Waals surface area (Å²) in [6.07, 6.45) is 0. The Morgan fingerprint density at radius 3 is 2.55 bits per heavy atom. The molecule has 0 spiro atoms. The molecule has 5 heteroatoms. The van der Waals surface area contributed by atoms with Crippen LogP contribution < -0.4 is 16.8 Å². The molecule has 4 nitrogen and oxygen atoms in total. The van der Waals surface area contributed by atoms with E-state index in [1.807, 2.05) is 43.3 Å². The molecule has 0 saturated heterocycles. The topological polar surface area (TPSA) is 81.1 Å². The zero-order valence-electron chi connectivity index (χ0n) is 11.1.